The Labute approximate surface area is 92.6 Å². The summed E-state index contributed by atoms with van der Waals surface area (Å²) >= 11 is 6.00. The van der Waals surface area contributed by atoms with Gasteiger partial charge in [-0.1, -0.05) is 12.8 Å². The molecular formula is C12H22ClN. The molecule has 0 spiro atoms. The molecule has 2 saturated carbocycles. The second-order valence-corrected chi connectivity index (χ2v) is 5.37. The van der Waals surface area contributed by atoms with Gasteiger partial charge in [0.1, 0.15) is 0 Å². The van der Waals surface area contributed by atoms with E-state index < -0.39 is 0 Å². The van der Waals surface area contributed by atoms with E-state index in [0.29, 0.717) is 0 Å². The smallest absolute Gasteiger partial charge is 0.0254 e. The fourth-order valence-corrected chi connectivity index (χ4v) is 2.96. The molecule has 2 unspecified atom stereocenters. The number of rotatable bonds is 5. The van der Waals surface area contributed by atoms with E-state index in [0.717, 1.165) is 23.6 Å². The van der Waals surface area contributed by atoms with Crippen LogP contribution < -0.4 is 5.32 Å². The van der Waals surface area contributed by atoms with Crippen molar-refractivity contribution in [2.45, 2.75) is 38.5 Å². The normalized spacial score (nSPS) is 33.2. The summed E-state index contributed by atoms with van der Waals surface area (Å²) in [6, 6.07) is 0. The molecule has 2 aliphatic rings. The van der Waals surface area contributed by atoms with Crippen molar-refractivity contribution in [2.24, 2.45) is 17.8 Å². The van der Waals surface area contributed by atoms with Gasteiger partial charge in [0.15, 0.2) is 0 Å². The molecule has 2 aliphatic carbocycles. The molecule has 0 radical (unpaired) electrons. The molecule has 0 amide bonds. The van der Waals surface area contributed by atoms with Crippen LogP contribution >= 0.6 is 11.6 Å². The molecule has 0 aliphatic heterocycles. The standard InChI is InChI=1S/C12H22ClN/c13-7-11-3-1-2-4-12(11)9-14-8-10-5-6-10/h10-12,14H,1-9H2. The molecule has 0 saturated heterocycles. The van der Waals surface area contributed by atoms with Gasteiger partial charge in [-0.15, -0.1) is 11.6 Å². The number of nitrogens with one attached hydrogen (secondary N) is 1. The zero-order valence-electron chi connectivity index (χ0n) is 8.97. The third-order valence-electron chi connectivity index (χ3n) is 3.80. The van der Waals surface area contributed by atoms with Crippen molar-refractivity contribution in [1.82, 2.24) is 5.32 Å². The number of alkyl halides is 1. The van der Waals surface area contributed by atoms with E-state index in [-0.39, 0.29) is 0 Å². The Morgan fingerprint density at radius 3 is 2.29 bits per heavy atom. The Morgan fingerprint density at radius 1 is 0.929 bits per heavy atom. The first-order valence-corrected chi connectivity index (χ1v) is 6.70. The Kier molecular flexibility index (Phi) is 4.12. The summed E-state index contributed by atoms with van der Waals surface area (Å²) < 4.78 is 0. The lowest BCUT2D eigenvalue weighted by Crippen LogP contribution is -2.32. The number of hydrogen-bond acceptors (Lipinski definition) is 1. The van der Waals surface area contributed by atoms with Crippen molar-refractivity contribution in [1.29, 1.82) is 0 Å². The minimum atomic E-state index is 0.789. The maximum absolute atomic E-state index is 6.00. The fraction of sp³-hybridized carbons (Fsp3) is 1.00. The maximum atomic E-state index is 6.00. The zero-order chi connectivity index (χ0) is 9.80. The molecule has 0 aromatic heterocycles. The lowest BCUT2D eigenvalue weighted by Gasteiger charge is -2.30. The summed E-state index contributed by atoms with van der Waals surface area (Å²) in [5.74, 6) is 3.53. The van der Waals surface area contributed by atoms with Crippen LogP contribution in [0.3, 0.4) is 0 Å². The molecule has 2 rings (SSSR count). The highest BCUT2D eigenvalue weighted by Gasteiger charge is 2.25. The highest BCUT2D eigenvalue weighted by atomic mass is 35.5. The maximum Gasteiger partial charge on any atom is 0.0254 e. The first-order chi connectivity index (χ1) is 6.90. The van der Waals surface area contributed by atoms with Crippen LogP contribution in [0.5, 0.6) is 0 Å². The highest BCUT2D eigenvalue weighted by molar-refractivity contribution is 6.18. The van der Waals surface area contributed by atoms with Crippen LogP contribution in [0.2, 0.25) is 0 Å². The lowest BCUT2D eigenvalue weighted by atomic mass is 9.80. The second kappa shape index (κ2) is 5.37. The van der Waals surface area contributed by atoms with E-state index in [1.54, 1.807) is 0 Å². The molecule has 0 heterocycles. The highest BCUT2D eigenvalue weighted by Crippen LogP contribution is 2.31. The van der Waals surface area contributed by atoms with Gasteiger partial charge in [-0.25, -0.2) is 0 Å². The third-order valence-corrected chi connectivity index (χ3v) is 4.20. The van der Waals surface area contributed by atoms with E-state index in [1.807, 2.05) is 0 Å². The van der Waals surface area contributed by atoms with Crippen molar-refractivity contribution in [3.05, 3.63) is 0 Å². The first kappa shape index (κ1) is 10.8. The minimum absolute atomic E-state index is 0.789. The second-order valence-electron chi connectivity index (χ2n) is 5.06. The molecule has 2 heteroatoms. The predicted octanol–water partition coefficient (Wildman–Crippen LogP) is 3.03. The molecule has 2 atom stereocenters. The summed E-state index contributed by atoms with van der Waals surface area (Å²) in [5, 5.41) is 3.62. The van der Waals surface area contributed by atoms with Gasteiger partial charge in [-0.2, -0.15) is 0 Å². The van der Waals surface area contributed by atoms with Gasteiger partial charge in [0, 0.05) is 5.88 Å². The Morgan fingerprint density at radius 2 is 1.64 bits per heavy atom. The largest absolute Gasteiger partial charge is 0.316 e. The molecule has 0 aromatic carbocycles. The van der Waals surface area contributed by atoms with Gasteiger partial charge < -0.3 is 5.32 Å². The minimum Gasteiger partial charge on any atom is -0.316 e. The van der Waals surface area contributed by atoms with Gasteiger partial charge in [0.05, 0.1) is 0 Å². The van der Waals surface area contributed by atoms with E-state index in [1.165, 1.54) is 51.6 Å². The molecule has 1 N–H and O–H groups in total. The summed E-state index contributed by atoms with van der Waals surface area (Å²) in [6.45, 7) is 2.47. The summed E-state index contributed by atoms with van der Waals surface area (Å²) in [4.78, 5) is 0. The van der Waals surface area contributed by atoms with Crippen LogP contribution in [-0.2, 0) is 0 Å². The van der Waals surface area contributed by atoms with Crippen LogP contribution in [0.4, 0.5) is 0 Å². The molecule has 0 aromatic rings. The van der Waals surface area contributed by atoms with Crippen molar-refractivity contribution in [2.75, 3.05) is 19.0 Å². The lowest BCUT2D eigenvalue weighted by molar-refractivity contribution is 0.250. The van der Waals surface area contributed by atoms with Crippen molar-refractivity contribution < 1.29 is 0 Å². The van der Waals surface area contributed by atoms with Crippen LogP contribution in [0.15, 0.2) is 0 Å². The molecule has 82 valence electrons. The molecular weight excluding hydrogens is 194 g/mol. The predicted molar refractivity (Wildman–Crippen MR) is 61.8 cm³/mol. The topological polar surface area (TPSA) is 12.0 Å². The Bertz CT molecular complexity index is 168. The third kappa shape index (κ3) is 3.13. The average molecular weight is 216 g/mol. The van der Waals surface area contributed by atoms with E-state index in [2.05, 4.69) is 5.32 Å². The number of hydrogen-bond donors (Lipinski definition) is 1. The fourth-order valence-electron chi connectivity index (χ4n) is 2.55. The average Bonchev–Trinajstić information content (AvgIpc) is 3.03. The van der Waals surface area contributed by atoms with Crippen molar-refractivity contribution >= 4 is 11.6 Å². The van der Waals surface area contributed by atoms with Gasteiger partial charge in [-0.05, 0) is 56.5 Å². The molecule has 0 bridgehead atoms. The first-order valence-electron chi connectivity index (χ1n) is 6.17. The van der Waals surface area contributed by atoms with Crippen molar-refractivity contribution in [3.63, 3.8) is 0 Å². The van der Waals surface area contributed by atoms with Crippen LogP contribution in [0.1, 0.15) is 38.5 Å². The van der Waals surface area contributed by atoms with Crippen LogP contribution in [0.25, 0.3) is 0 Å². The summed E-state index contributed by atoms with van der Waals surface area (Å²) in [7, 11) is 0. The summed E-state index contributed by atoms with van der Waals surface area (Å²) in [5.41, 5.74) is 0. The van der Waals surface area contributed by atoms with Gasteiger partial charge in [-0.3, -0.25) is 0 Å². The van der Waals surface area contributed by atoms with Gasteiger partial charge in [0.25, 0.3) is 0 Å². The van der Waals surface area contributed by atoms with Crippen molar-refractivity contribution in [3.8, 4) is 0 Å². The molecule has 2 fully saturated rings. The molecule has 1 nitrogen and oxygen atoms in total. The van der Waals surface area contributed by atoms with E-state index >= 15 is 0 Å². The van der Waals surface area contributed by atoms with Gasteiger partial charge >= 0.3 is 0 Å². The quantitative estimate of drug-likeness (QED) is 0.696. The Hall–Kier alpha value is 0.250. The number of halogens is 1. The summed E-state index contributed by atoms with van der Waals surface area (Å²) in [6.07, 6.45) is 8.49. The van der Waals surface area contributed by atoms with Crippen LogP contribution in [-0.4, -0.2) is 19.0 Å². The van der Waals surface area contributed by atoms with Gasteiger partial charge in [0.2, 0.25) is 0 Å². The van der Waals surface area contributed by atoms with E-state index in [9.17, 15) is 0 Å². The Balaban J connectivity index is 1.64. The van der Waals surface area contributed by atoms with E-state index in [4.69, 9.17) is 11.6 Å². The zero-order valence-corrected chi connectivity index (χ0v) is 9.73. The SMILES string of the molecule is ClCC1CCCCC1CNCC1CC1. The monoisotopic (exact) mass is 215 g/mol. The molecule has 14 heavy (non-hydrogen) atoms. The van der Waals surface area contributed by atoms with Crippen LogP contribution in [0, 0.1) is 17.8 Å².